The van der Waals surface area contributed by atoms with Gasteiger partial charge in [0.05, 0.1) is 12.7 Å². The van der Waals surface area contributed by atoms with E-state index >= 15 is 0 Å². The number of pyridine rings is 1. The van der Waals surface area contributed by atoms with Crippen molar-refractivity contribution in [2.75, 3.05) is 18.6 Å². The molecule has 1 aromatic heterocycles. The highest BCUT2D eigenvalue weighted by molar-refractivity contribution is 5.97. The van der Waals surface area contributed by atoms with Crippen molar-refractivity contribution < 1.29 is 19.1 Å². The van der Waals surface area contributed by atoms with Gasteiger partial charge < -0.3 is 15.2 Å². The quantitative estimate of drug-likeness (QED) is 0.608. The molecule has 7 nitrogen and oxygen atoms in total. The molecule has 2 heterocycles. The van der Waals surface area contributed by atoms with Crippen LogP contribution in [0.3, 0.4) is 0 Å². The number of amides is 2. The molecule has 0 spiro atoms. The van der Waals surface area contributed by atoms with Crippen LogP contribution in [0.25, 0.3) is 0 Å². The van der Waals surface area contributed by atoms with Crippen molar-refractivity contribution in [3.05, 3.63) is 77.5 Å². The number of benzene rings is 2. The molecule has 0 bridgehead atoms. The summed E-state index contributed by atoms with van der Waals surface area (Å²) in [7, 11) is 1.56. The highest BCUT2D eigenvalue weighted by atomic mass is 16.5. The highest BCUT2D eigenvalue weighted by Crippen LogP contribution is 2.38. The minimum Gasteiger partial charge on any atom is -0.493 e. The smallest absolute Gasteiger partial charge is 0.267 e. The summed E-state index contributed by atoms with van der Waals surface area (Å²) in [5.74, 6) is 3.81. The van der Waals surface area contributed by atoms with E-state index in [0.29, 0.717) is 41.6 Å². The molecule has 160 valence electrons. The number of anilines is 1. The van der Waals surface area contributed by atoms with Gasteiger partial charge in [-0.1, -0.05) is 30.2 Å². The number of methoxy groups -OCH3 is 1. The molecular formula is C25H21N3O4. The van der Waals surface area contributed by atoms with Crippen molar-refractivity contribution in [3.63, 3.8) is 0 Å². The van der Waals surface area contributed by atoms with Gasteiger partial charge in [-0.15, -0.1) is 6.42 Å². The molecular weight excluding hydrogens is 406 g/mol. The molecule has 0 aliphatic carbocycles. The molecule has 0 saturated carbocycles. The molecule has 1 fully saturated rings. The first-order chi connectivity index (χ1) is 15.5. The van der Waals surface area contributed by atoms with E-state index in [2.05, 4.69) is 10.9 Å². The number of carbonyl (C=O) groups excluding carboxylic acids is 2. The number of terminal acetylenes is 1. The number of carbonyl (C=O) groups is 2. The molecule has 0 radical (unpaired) electrons. The van der Waals surface area contributed by atoms with E-state index in [1.165, 1.54) is 6.07 Å². The van der Waals surface area contributed by atoms with Gasteiger partial charge in [0.1, 0.15) is 17.3 Å². The molecule has 0 unspecified atom stereocenters. The minimum absolute atomic E-state index is 0.0833. The highest BCUT2D eigenvalue weighted by Gasteiger charge is 2.33. The Balaban J connectivity index is 1.61. The van der Waals surface area contributed by atoms with Gasteiger partial charge in [-0.25, -0.2) is 4.98 Å². The lowest BCUT2D eigenvalue weighted by Crippen LogP contribution is -2.26. The summed E-state index contributed by atoms with van der Waals surface area (Å²) in [6, 6.07) is 17.7. The number of ether oxygens (including phenoxy) is 2. The Kier molecular flexibility index (Phi) is 5.77. The Hall–Kier alpha value is -4.31. The average Bonchev–Trinajstić information content (AvgIpc) is 3.21. The van der Waals surface area contributed by atoms with Crippen molar-refractivity contribution in [1.82, 2.24) is 4.98 Å². The second-order valence-corrected chi connectivity index (χ2v) is 7.30. The van der Waals surface area contributed by atoms with Gasteiger partial charge >= 0.3 is 0 Å². The number of hydrogen-bond donors (Lipinski definition) is 1. The number of nitrogens with zero attached hydrogens (tertiary/aromatic N) is 2. The Labute approximate surface area is 185 Å². The molecule has 1 saturated heterocycles. The summed E-state index contributed by atoms with van der Waals surface area (Å²) in [5.41, 5.74) is 6.98. The fraction of sp³-hybridized carbons (Fsp3) is 0.160. The molecule has 2 N–H and O–H groups in total. The van der Waals surface area contributed by atoms with Crippen LogP contribution in [0, 0.1) is 12.3 Å². The molecule has 32 heavy (non-hydrogen) atoms. The van der Waals surface area contributed by atoms with E-state index in [-0.39, 0.29) is 17.5 Å². The number of nitrogens with two attached hydrogens (primary N) is 1. The van der Waals surface area contributed by atoms with Gasteiger partial charge in [-0.3, -0.25) is 14.5 Å². The van der Waals surface area contributed by atoms with Crippen LogP contribution in [0.1, 0.15) is 34.0 Å². The predicted octanol–water partition coefficient (Wildman–Crippen LogP) is 3.48. The average molecular weight is 427 g/mol. The molecule has 2 amide bonds. The van der Waals surface area contributed by atoms with Crippen LogP contribution in [0.4, 0.5) is 5.82 Å². The van der Waals surface area contributed by atoms with Gasteiger partial charge in [-0.2, -0.15) is 0 Å². The van der Waals surface area contributed by atoms with Crippen molar-refractivity contribution in [2.45, 2.75) is 12.3 Å². The van der Waals surface area contributed by atoms with E-state index in [1.54, 1.807) is 36.3 Å². The largest absolute Gasteiger partial charge is 0.493 e. The minimum atomic E-state index is -0.640. The second kappa shape index (κ2) is 8.82. The topological polar surface area (TPSA) is 94.8 Å². The maximum Gasteiger partial charge on any atom is 0.267 e. The number of hydrogen-bond acceptors (Lipinski definition) is 5. The Morgan fingerprint density at radius 1 is 1.12 bits per heavy atom. The van der Waals surface area contributed by atoms with Gasteiger partial charge in [0.15, 0.2) is 11.5 Å². The molecule has 4 rings (SSSR count). The van der Waals surface area contributed by atoms with Crippen LogP contribution in [-0.2, 0) is 4.79 Å². The van der Waals surface area contributed by atoms with E-state index in [9.17, 15) is 9.59 Å². The third-order valence-electron chi connectivity index (χ3n) is 5.31. The van der Waals surface area contributed by atoms with Gasteiger partial charge in [0.2, 0.25) is 5.91 Å². The summed E-state index contributed by atoms with van der Waals surface area (Å²) in [4.78, 5) is 29.9. The number of aromatic nitrogens is 1. The SMILES string of the molecule is C#Cc1ccccc1Oc1cc([C@H]2CC(=O)N(c3cccc(C(N)=O)n3)C2)ccc1OC. The lowest BCUT2D eigenvalue weighted by molar-refractivity contribution is -0.117. The van der Waals surface area contributed by atoms with E-state index < -0.39 is 5.91 Å². The van der Waals surface area contributed by atoms with E-state index in [4.69, 9.17) is 21.6 Å². The Morgan fingerprint density at radius 2 is 1.94 bits per heavy atom. The zero-order valence-electron chi connectivity index (χ0n) is 17.4. The lowest BCUT2D eigenvalue weighted by atomic mass is 9.98. The molecule has 1 atom stereocenters. The van der Waals surface area contributed by atoms with Crippen molar-refractivity contribution >= 4 is 17.6 Å². The van der Waals surface area contributed by atoms with Gasteiger partial charge in [-0.05, 0) is 42.0 Å². The van der Waals surface area contributed by atoms with Crippen LogP contribution in [0.2, 0.25) is 0 Å². The fourth-order valence-electron chi connectivity index (χ4n) is 3.68. The zero-order valence-corrected chi connectivity index (χ0v) is 17.4. The van der Waals surface area contributed by atoms with Crippen molar-refractivity contribution in [1.29, 1.82) is 0 Å². The lowest BCUT2D eigenvalue weighted by Gasteiger charge is -2.17. The standard InChI is InChI=1S/C25H21N3O4/c1-3-16-7-4-5-9-20(16)32-22-13-17(11-12-21(22)31-2)18-14-24(29)28(15-18)23-10-6-8-19(27-23)25(26)30/h1,4-13,18H,14-15H2,2H3,(H2,26,30)/t18-/m0/s1. The first-order valence-corrected chi connectivity index (χ1v) is 9.99. The third kappa shape index (κ3) is 4.12. The van der Waals surface area contributed by atoms with Crippen LogP contribution in [0.15, 0.2) is 60.7 Å². The number of para-hydroxylation sites is 1. The van der Waals surface area contributed by atoms with E-state index in [0.717, 1.165) is 5.56 Å². The summed E-state index contributed by atoms with van der Waals surface area (Å²) in [5, 5.41) is 0. The van der Waals surface area contributed by atoms with Gasteiger partial charge in [0.25, 0.3) is 5.91 Å². The van der Waals surface area contributed by atoms with Crippen molar-refractivity contribution in [2.24, 2.45) is 5.73 Å². The molecule has 1 aliphatic rings. The summed E-state index contributed by atoms with van der Waals surface area (Å²) >= 11 is 0. The van der Waals surface area contributed by atoms with E-state index in [1.807, 2.05) is 30.3 Å². The second-order valence-electron chi connectivity index (χ2n) is 7.30. The van der Waals surface area contributed by atoms with Crippen LogP contribution in [-0.4, -0.2) is 30.5 Å². The fourth-order valence-corrected chi connectivity index (χ4v) is 3.68. The normalized spacial score (nSPS) is 15.3. The summed E-state index contributed by atoms with van der Waals surface area (Å²) in [6.07, 6.45) is 5.88. The zero-order chi connectivity index (χ0) is 22.7. The predicted molar refractivity (Wildman–Crippen MR) is 120 cm³/mol. The van der Waals surface area contributed by atoms with Crippen LogP contribution < -0.4 is 20.1 Å². The Morgan fingerprint density at radius 3 is 2.69 bits per heavy atom. The summed E-state index contributed by atoms with van der Waals surface area (Å²) in [6.45, 7) is 0.417. The first kappa shape index (κ1) is 20.9. The van der Waals surface area contributed by atoms with Gasteiger partial charge in [0, 0.05) is 18.9 Å². The van der Waals surface area contributed by atoms with Crippen molar-refractivity contribution in [3.8, 4) is 29.6 Å². The van der Waals surface area contributed by atoms with Crippen LogP contribution in [0.5, 0.6) is 17.2 Å². The maximum atomic E-state index is 12.7. The Bertz CT molecular complexity index is 1230. The number of rotatable bonds is 6. The first-order valence-electron chi connectivity index (χ1n) is 9.99. The summed E-state index contributed by atoms with van der Waals surface area (Å²) < 4.78 is 11.5. The van der Waals surface area contributed by atoms with Crippen LogP contribution >= 0.6 is 0 Å². The number of primary amides is 1. The molecule has 7 heteroatoms. The maximum absolute atomic E-state index is 12.7. The molecule has 3 aromatic rings. The molecule has 2 aromatic carbocycles. The molecule has 1 aliphatic heterocycles. The monoisotopic (exact) mass is 427 g/mol. The third-order valence-corrected chi connectivity index (χ3v) is 5.31.